The van der Waals surface area contributed by atoms with Crippen LogP contribution < -0.4 is 20.3 Å². The number of ether oxygens (including phenoxy) is 2. The fourth-order valence-electron chi connectivity index (χ4n) is 2.80. The topological polar surface area (TPSA) is 76.7 Å². The summed E-state index contributed by atoms with van der Waals surface area (Å²) in [6.07, 6.45) is 0.471. The first-order valence-electron chi connectivity index (χ1n) is 9.89. The Bertz CT molecular complexity index is 837. The van der Waals surface area contributed by atoms with Crippen LogP contribution in [-0.4, -0.2) is 36.0 Å². The summed E-state index contributed by atoms with van der Waals surface area (Å²) in [7, 11) is 0. The van der Waals surface area contributed by atoms with Gasteiger partial charge in [0, 0.05) is 5.56 Å². The summed E-state index contributed by atoms with van der Waals surface area (Å²) in [5.41, 5.74) is 6.56. The highest BCUT2D eigenvalue weighted by atomic mass is 32.2. The molecule has 2 aromatic rings. The molecule has 2 amide bonds. The van der Waals surface area contributed by atoms with E-state index >= 15 is 0 Å². The zero-order valence-corrected chi connectivity index (χ0v) is 18.7. The largest absolute Gasteiger partial charge is 0.494 e. The number of amides is 2. The molecule has 0 bridgehead atoms. The maximum absolute atomic E-state index is 12.3. The van der Waals surface area contributed by atoms with Gasteiger partial charge in [0.15, 0.2) is 6.10 Å². The van der Waals surface area contributed by atoms with E-state index in [2.05, 4.69) is 10.9 Å². The minimum absolute atomic E-state index is 0.368. The van der Waals surface area contributed by atoms with Gasteiger partial charge < -0.3 is 9.47 Å². The summed E-state index contributed by atoms with van der Waals surface area (Å²) in [6.45, 7) is 4.11. The molecule has 1 saturated heterocycles. The third-order valence-corrected chi connectivity index (χ3v) is 7.40. The lowest BCUT2D eigenvalue weighted by molar-refractivity contribution is -0.128. The molecule has 1 heterocycles. The maximum atomic E-state index is 12.3. The molecule has 0 aromatic heterocycles. The number of thioether (sulfide) groups is 2. The van der Waals surface area contributed by atoms with Crippen molar-refractivity contribution < 1.29 is 19.1 Å². The molecule has 1 fully saturated rings. The zero-order valence-electron chi connectivity index (χ0n) is 17.1. The lowest BCUT2D eigenvalue weighted by Crippen LogP contribution is -2.47. The van der Waals surface area contributed by atoms with Crippen LogP contribution in [0, 0.1) is 0 Å². The smallest absolute Gasteiger partial charge is 0.279 e. The van der Waals surface area contributed by atoms with Crippen LogP contribution in [0.2, 0.25) is 0 Å². The van der Waals surface area contributed by atoms with Gasteiger partial charge in [-0.2, -0.15) is 0 Å². The Morgan fingerprint density at radius 2 is 1.63 bits per heavy atom. The first-order valence-corrected chi connectivity index (χ1v) is 12.0. The molecule has 0 aliphatic carbocycles. The minimum Gasteiger partial charge on any atom is -0.494 e. The Hall–Kier alpha value is -2.32. The quantitative estimate of drug-likeness (QED) is 0.622. The molecule has 1 unspecified atom stereocenters. The van der Waals surface area contributed by atoms with Crippen molar-refractivity contribution in [1.29, 1.82) is 0 Å². The van der Waals surface area contributed by atoms with E-state index in [1.807, 2.05) is 42.6 Å². The number of nitrogens with one attached hydrogen (secondary N) is 2. The van der Waals surface area contributed by atoms with E-state index in [0.29, 0.717) is 22.5 Å². The van der Waals surface area contributed by atoms with Crippen LogP contribution in [0.5, 0.6) is 11.5 Å². The lowest BCUT2D eigenvalue weighted by Gasteiger charge is -2.21. The van der Waals surface area contributed by atoms with Gasteiger partial charge in [-0.3, -0.25) is 20.4 Å². The van der Waals surface area contributed by atoms with E-state index in [1.54, 1.807) is 43.3 Å². The van der Waals surface area contributed by atoms with Crippen molar-refractivity contribution in [3.8, 4) is 11.5 Å². The number of hydrazine groups is 1. The van der Waals surface area contributed by atoms with Gasteiger partial charge in [-0.1, -0.05) is 12.1 Å². The van der Waals surface area contributed by atoms with Crippen LogP contribution >= 0.6 is 23.5 Å². The van der Waals surface area contributed by atoms with Gasteiger partial charge in [-0.25, -0.2) is 0 Å². The number of hydrogen-bond donors (Lipinski definition) is 2. The first-order chi connectivity index (χ1) is 14.6. The summed E-state index contributed by atoms with van der Waals surface area (Å²) in [5, 5.41) is 0. The molecule has 2 N–H and O–H groups in total. The van der Waals surface area contributed by atoms with Gasteiger partial charge in [0.25, 0.3) is 11.8 Å². The molecule has 8 heteroatoms. The molecule has 30 heavy (non-hydrogen) atoms. The van der Waals surface area contributed by atoms with E-state index in [9.17, 15) is 9.59 Å². The average Bonchev–Trinajstić information content (AvgIpc) is 2.79. The maximum Gasteiger partial charge on any atom is 0.279 e. The summed E-state index contributed by atoms with van der Waals surface area (Å²) >= 11 is 3.87. The van der Waals surface area contributed by atoms with Gasteiger partial charge in [0.05, 0.1) is 11.2 Å². The Morgan fingerprint density at radius 3 is 2.27 bits per heavy atom. The Kier molecular flexibility index (Phi) is 8.33. The van der Waals surface area contributed by atoms with Crippen molar-refractivity contribution in [3.63, 3.8) is 0 Å². The standard InChI is InChI=1S/C22H26N2O4S2/c1-3-27-18-9-11-19(12-10-18)28-15(2)20(25)23-24-21(26)16-5-7-17(8-6-16)22-29-13-4-14-30-22/h5-12,15,22H,3-4,13-14H2,1-2H3,(H,23,25)(H,24,26). The van der Waals surface area contributed by atoms with Gasteiger partial charge in [0.1, 0.15) is 11.5 Å². The third kappa shape index (κ3) is 6.34. The summed E-state index contributed by atoms with van der Waals surface area (Å²) in [6, 6.07) is 14.5. The monoisotopic (exact) mass is 446 g/mol. The normalized spacial score (nSPS) is 15.1. The van der Waals surface area contributed by atoms with E-state index < -0.39 is 12.0 Å². The van der Waals surface area contributed by atoms with Crippen molar-refractivity contribution in [2.75, 3.05) is 18.1 Å². The molecular formula is C22H26N2O4S2. The second-order valence-corrected chi connectivity index (χ2v) is 9.38. The van der Waals surface area contributed by atoms with E-state index in [0.717, 1.165) is 5.75 Å². The van der Waals surface area contributed by atoms with Gasteiger partial charge in [-0.15, -0.1) is 23.5 Å². The van der Waals surface area contributed by atoms with E-state index in [1.165, 1.54) is 23.5 Å². The summed E-state index contributed by atoms with van der Waals surface area (Å²) in [5.74, 6) is 2.81. The highest BCUT2D eigenvalue weighted by Crippen LogP contribution is 2.43. The molecule has 1 aliphatic rings. The van der Waals surface area contributed by atoms with Crippen molar-refractivity contribution in [2.45, 2.75) is 31.0 Å². The Morgan fingerprint density at radius 1 is 1.00 bits per heavy atom. The fourth-order valence-corrected chi connectivity index (χ4v) is 5.70. The zero-order chi connectivity index (χ0) is 21.3. The summed E-state index contributed by atoms with van der Waals surface area (Å²) in [4.78, 5) is 24.6. The molecule has 2 aromatic carbocycles. The number of benzene rings is 2. The van der Waals surface area contributed by atoms with Crippen LogP contribution in [0.1, 0.15) is 40.8 Å². The van der Waals surface area contributed by atoms with Crippen LogP contribution in [0.25, 0.3) is 0 Å². The molecule has 0 radical (unpaired) electrons. The van der Waals surface area contributed by atoms with Crippen LogP contribution in [0.15, 0.2) is 48.5 Å². The van der Waals surface area contributed by atoms with Crippen molar-refractivity contribution >= 4 is 35.3 Å². The van der Waals surface area contributed by atoms with Crippen molar-refractivity contribution in [3.05, 3.63) is 59.7 Å². The second-order valence-electron chi connectivity index (χ2n) is 6.66. The van der Waals surface area contributed by atoms with Crippen LogP contribution in [0.3, 0.4) is 0 Å². The molecule has 1 aliphatic heterocycles. The fraction of sp³-hybridized carbons (Fsp3) is 0.364. The molecule has 160 valence electrons. The average molecular weight is 447 g/mol. The molecule has 0 spiro atoms. The van der Waals surface area contributed by atoms with Gasteiger partial charge in [-0.05, 0) is 73.7 Å². The molecule has 1 atom stereocenters. The van der Waals surface area contributed by atoms with E-state index in [4.69, 9.17) is 9.47 Å². The highest BCUT2D eigenvalue weighted by Gasteiger charge is 2.18. The number of rotatable bonds is 7. The number of carbonyl (C=O) groups is 2. The van der Waals surface area contributed by atoms with Gasteiger partial charge in [0.2, 0.25) is 0 Å². The van der Waals surface area contributed by atoms with Crippen LogP contribution in [-0.2, 0) is 4.79 Å². The number of hydrogen-bond acceptors (Lipinski definition) is 6. The molecular weight excluding hydrogens is 420 g/mol. The Balaban J connectivity index is 1.46. The third-order valence-electron chi connectivity index (χ3n) is 4.39. The Labute approximate surface area is 185 Å². The van der Waals surface area contributed by atoms with Crippen LogP contribution in [0.4, 0.5) is 0 Å². The molecule has 6 nitrogen and oxygen atoms in total. The second kappa shape index (κ2) is 11.2. The van der Waals surface area contributed by atoms with E-state index in [-0.39, 0.29) is 5.91 Å². The predicted octanol–water partition coefficient (Wildman–Crippen LogP) is 4.18. The minimum atomic E-state index is -0.772. The van der Waals surface area contributed by atoms with Gasteiger partial charge >= 0.3 is 0 Å². The number of carbonyl (C=O) groups excluding carboxylic acids is 2. The SMILES string of the molecule is CCOc1ccc(OC(C)C(=O)NNC(=O)c2ccc(C3SCCCS3)cc2)cc1. The molecule has 0 saturated carbocycles. The van der Waals surface area contributed by atoms with Crippen molar-refractivity contribution in [1.82, 2.24) is 10.9 Å². The first kappa shape index (κ1) is 22.4. The van der Waals surface area contributed by atoms with Crippen molar-refractivity contribution in [2.24, 2.45) is 0 Å². The summed E-state index contributed by atoms with van der Waals surface area (Å²) < 4.78 is 11.4. The predicted molar refractivity (Wildman–Crippen MR) is 122 cm³/mol. The molecule has 3 rings (SSSR count). The highest BCUT2D eigenvalue weighted by molar-refractivity contribution is 8.16. The lowest BCUT2D eigenvalue weighted by atomic mass is 10.1.